The van der Waals surface area contributed by atoms with Gasteiger partial charge >= 0.3 is 0 Å². The predicted molar refractivity (Wildman–Crippen MR) is 90.9 cm³/mol. The molecule has 0 aliphatic carbocycles. The highest BCUT2D eigenvalue weighted by Crippen LogP contribution is 2.29. The fourth-order valence-corrected chi connectivity index (χ4v) is 3.71. The Bertz CT molecular complexity index is 733. The van der Waals surface area contributed by atoms with E-state index in [-0.39, 0.29) is 0 Å². The van der Waals surface area contributed by atoms with Crippen molar-refractivity contribution in [2.45, 2.75) is 26.3 Å². The standard InChI is InChI=1S/C18H20N2S/c1-3-20-17(14-8-13(2)10-19-11-14)9-15-12-21-18-7-5-4-6-16(15)18/h4-8,10-12,17,20H,3,9H2,1-2H3. The lowest BCUT2D eigenvalue weighted by Gasteiger charge is -2.18. The summed E-state index contributed by atoms with van der Waals surface area (Å²) in [5, 5.41) is 7.26. The van der Waals surface area contributed by atoms with Crippen molar-refractivity contribution in [2.24, 2.45) is 0 Å². The number of aromatic nitrogens is 1. The van der Waals surface area contributed by atoms with Crippen LogP contribution in [0.2, 0.25) is 0 Å². The van der Waals surface area contributed by atoms with E-state index in [0.717, 1.165) is 13.0 Å². The molecule has 0 saturated heterocycles. The molecule has 1 unspecified atom stereocenters. The number of pyridine rings is 1. The minimum absolute atomic E-state index is 0.320. The summed E-state index contributed by atoms with van der Waals surface area (Å²) in [6.45, 7) is 5.21. The molecule has 21 heavy (non-hydrogen) atoms. The van der Waals surface area contributed by atoms with Gasteiger partial charge in [0, 0.05) is 23.1 Å². The predicted octanol–water partition coefficient (Wildman–Crippen LogP) is 4.50. The molecule has 0 spiro atoms. The van der Waals surface area contributed by atoms with Crippen LogP contribution in [0.1, 0.15) is 29.7 Å². The van der Waals surface area contributed by atoms with Crippen LogP contribution >= 0.6 is 11.3 Å². The Morgan fingerprint density at radius 3 is 2.90 bits per heavy atom. The van der Waals surface area contributed by atoms with Gasteiger partial charge in [0.2, 0.25) is 0 Å². The van der Waals surface area contributed by atoms with E-state index in [4.69, 9.17) is 0 Å². The molecule has 2 aromatic heterocycles. The highest BCUT2D eigenvalue weighted by Gasteiger charge is 2.14. The van der Waals surface area contributed by atoms with Gasteiger partial charge < -0.3 is 5.32 Å². The van der Waals surface area contributed by atoms with Gasteiger partial charge in [-0.05, 0) is 53.4 Å². The zero-order valence-corrected chi connectivity index (χ0v) is 13.3. The van der Waals surface area contributed by atoms with Crippen molar-refractivity contribution in [3.8, 4) is 0 Å². The van der Waals surface area contributed by atoms with Crippen molar-refractivity contribution in [3.63, 3.8) is 0 Å². The van der Waals surface area contributed by atoms with Crippen LogP contribution in [-0.2, 0) is 6.42 Å². The fraction of sp³-hybridized carbons (Fsp3) is 0.278. The second-order valence-electron chi connectivity index (χ2n) is 5.37. The minimum atomic E-state index is 0.320. The molecule has 0 saturated carbocycles. The molecule has 0 aliphatic heterocycles. The van der Waals surface area contributed by atoms with Crippen LogP contribution < -0.4 is 5.32 Å². The number of nitrogens with one attached hydrogen (secondary N) is 1. The molecule has 1 N–H and O–H groups in total. The van der Waals surface area contributed by atoms with E-state index in [9.17, 15) is 0 Å². The summed E-state index contributed by atoms with van der Waals surface area (Å²) in [4.78, 5) is 4.34. The van der Waals surface area contributed by atoms with Crippen molar-refractivity contribution < 1.29 is 0 Å². The average Bonchev–Trinajstić information content (AvgIpc) is 2.90. The fourth-order valence-electron chi connectivity index (χ4n) is 2.73. The largest absolute Gasteiger partial charge is 0.310 e. The first-order chi connectivity index (χ1) is 10.3. The number of benzene rings is 1. The van der Waals surface area contributed by atoms with Crippen LogP contribution in [0.15, 0.2) is 48.1 Å². The van der Waals surface area contributed by atoms with Crippen LogP contribution in [0.4, 0.5) is 0 Å². The maximum absolute atomic E-state index is 4.34. The molecule has 0 radical (unpaired) electrons. The van der Waals surface area contributed by atoms with Crippen molar-refractivity contribution in [3.05, 3.63) is 64.8 Å². The van der Waals surface area contributed by atoms with Gasteiger partial charge in [0.1, 0.15) is 0 Å². The Kier molecular flexibility index (Phi) is 4.32. The number of hydrogen-bond donors (Lipinski definition) is 1. The van der Waals surface area contributed by atoms with E-state index in [0.29, 0.717) is 6.04 Å². The summed E-state index contributed by atoms with van der Waals surface area (Å²) >= 11 is 1.83. The topological polar surface area (TPSA) is 24.9 Å². The van der Waals surface area contributed by atoms with Gasteiger partial charge in [0.25, 0.3) is 0 Å². The number of likely N-dealkylation sites (N-methyl/N-ethyl adjacent to an activating group) is 1. The molecule has 1 atom stereocenters. The van der Waals surface area contributed by atoms with Gasteiger partial charge in [-0.2, -0.15) is 0 Å². The lowest BCUT2D eigenvalue weighted by molar-refractivity contribution is 0.550. The highest BCUT2D eigenvalue weighted by atomic mass is 32.1. The molecular weight excluding hydrogens is 276 g/mol. The Morgan fingerprint density at radius 2 is 2.10 bits per heavy atom. The third kappa shape index (κ3) is 3.14. The van der Waals surface area contributed by atoms with Gasteiger partial charge in [-0.25, -0.2) is 0 Å². The quantitative estimate of drug-likeness (QED) is 0.750. The molecule has 3 rings (SSSR count). The lowest BCUT2D eigenvalue weighted by Crippen LogP contribution is -2.23. The normalized spacial score (nSPS) is 12.7. The summed E-state index contributed by atoms with van der Waals surface area (Å²) in [5.41, 5.74) is 3.90. The SMILES string of the molecule is CCNC(Cc1csc2ccccc12)c1cncc(C)c1. The average molecular weight is 296 g/mol. The number of aryl methyl sites for hydroxylation is 1. The van der Waals surface area contributed by atoms with Crippen molar-refractivity contribution in [2.75, 3.05) is 6.54 Å². The number of nitrogens with zero attached hydrogens (tertiary/aromatic N) is 1. The highest BCUT2D eigenvalue weighted by molar-refractivity contribution is 7.17. The molecule has 3 heteroatoms. The maximum Gasteiger partial charge on any atom is 0.0376 e. The van der Waals surface area contributed by atoms with Gasteiger partial charge in [-0.1, -0.05) is 31.2 Å². The number of thiophene rings is 1. The van der Waals surface area contributed by atoms with Gasteiger partial charge in [-0.3, -0.25) is 4.98 Å². The Labute approximate surface area is 129 Å². The van der Waals surface area contributed by atoms with Gasteiger partial charge in [-0.15, -0.1) is 11.3 Å². The van der Waals surface area contributed by atoms with E-state index in [1.165, 1.54) is 26.8 Å². The van der Waals surface area contributed by atoms with Gasteiger partial charge in [0.05, 0.1) is 0 Å². The minimum Gasteiger partial charge on any atom is -0.310 e. The van der Waals surface area contributed by atoms with Crippen molar-refractivity contribution in [1.29, 1.82) is 0 Å². The molecule has 108 valence electrons. The van der Waals surface area contributed by atoms with E-state index in [1.54, 1.807) is 0 Å². The van der Waals surface area contributed by atoms with Crippen LogP contribution in [0.25, 0.3) is 10.1 Å². The van der Waals surface area contributed by atoms with Crippen molar-refractivity contribution in [1.82, 2.24) is 10.3 Å². The Morgan fingerprint density at radius 1 is 1.24 bits per heavy atom. The molecule has 0 fully saturated rings. The Hall–Kier alpha value is -1.71. The van der Waals surface area contributed by atoms with E-state index in [1.807, 2.05) is 23.7 Å². The van der Waals surface area contributed by atoms with Crippen molar-refractivity contribution >= 4 is 21.4 Å². The molecule has 1 aromatic carbocycles. The monoisotopic (exact) mass is 296 g/mol. The summed E-state index contributed by atoms with van der Waals surface area (Å²) in [7, 11) is 0. The zero-order chi connectivity index (χ0) is 14.7. The molecule has 0 bridgehead atoms. The molecule has 2 nitrogen and oxygen atoms in total. The summed E-state index contributed by atoms with van der Waals surface area (Å²) in [5.74, 6) is 0. The number of hydrogen-bond acceptors (Lipinski definition) is 3. The van der Waals surface area contributed by atoms with E-state index in [2.05, 4.69) is 59.9 Å². The molecule has 2 heterocycles. The molecular formula is C18H20N2S. The third-order valence-electron chi connectivity index (χ3n) is 3.73. The maximum atomic E-state index is 4.34. The van der Waals surface area contributed by atoms with Crippen LogP contribution in [0, 0.1) is 6.92 Å². The molecule has 0 aliphatic rings. The Balaban J connectivity index is 1.92. The summed E-state index contributed by atoms with van der Waals surface area (Å²) in [6.07, 6.45) is 4.89. The van der Waals surface area contributed by atoms with E-state index >= 15 is 0 Å². The number of rotatable bonds is 5. The first kappa shape index (κ1) is 14.2. The summed E-state index contributed by atoms with van der Waals surface area (Å²) in [6, 6.07) is 11.2. The number of fused-ring (bicyclic) bond motifs is 1. The smallest absolute Gasteiger partial charge is 0.0376 e. The molecule has 0 amide bonds. The first-order valence-electron chi connectivity index (χ1n) is 7.38. The molecule has 3 aromatic rings. The van der Waals surface area contributed by atoms with Crippen LogP contribution in [0.3, 0.4) is 0 Å². The zero-order valence-electron chi connectivity index (χ0n) is 12.5. The first-order valence-corrected chi connectivity index (χ1v) is 8.26. The third-order valence-corrected chi connectivity index (χ3v) is 4.75. The summed E-state index contributed by atoms with van der Waals surface area (Å²) < 4.78 is 1.37. The van der Waals surface area contributed by atoms with E-state index < -0.39 is 0 Å². The second-order valence-corrected chi connectivity index (χ2v) is 6.28. The van der Waals surface area contributed by atoms with Crippen LogP contribution in [0.5, 0.6) is 0 Å². The second kappa shape index (κ2) is 6.37. The lowest BCUT2D eigenvalue weighted by atomic mass is 9.99. The van der Waals surface area contributed by atoms with Gasteiger partial charge in [0.15, 0.2) is 0 Å². The van der Waals surface area contributed by atoms with Crippen LogP contribution in [-0.4, -0.2) is 11.5 Å².